The first-order valence-electron chi connectivity index (χ1n) is 11.4. The Morgan fingerprint density at radius 3 is 2.69 bits per heavy atom. The lowest BCUT2D eigenvalue weighted by molar-refractivity contribution is -0.133. The van der Waals surface area contributed by atoms with Crippen LogP contribution in [0.3, 0.4) is 0 Å². The van der Waals surface area contributed by atoms with Crippen LogP contribution >= 0.6 is 0 Å². The van der Waals surface area contributed by atoms with Gasteiger partial charge in [-0.3, -0.25) is 24.7 Å². The minimum atomic E-state index is -0.598. The highest BCUT2D eigenvalue weighted by atomic mass is 16.5. The number of fused-ring (bicyclic) bond motifs is 1. The first-order valence-corrected chi connectivity index (χ1v) is 11.4. The molecule has 0 aliphatic carbocycles. The van der Waals surface area contributed by atoms with E-state index in [0.717, 1.165) is 22.2 Å². The molecule has 1 aliphatic heterocycles. The quantitative estimate of drug-likeness (QED) is 0.278. The molecule has 3 atom stereocenters. The van der Waals surface area contributed by atoms with Crippen LogP contribution in [0.4, 0.5) is 0 Å². The summed E-state index contributed by atoms with van der Waals surface area (Å²) < 4.78 is 6.17. The Morgan fingerprint density at radius 2 is 1.97 bits per heavy atom. The second kappa shape index (κ2) is 10.6. The molecule has 1 fully saturated rings. The van der Waals surface area contributed by atoms with Crippen LogP contribution in [0.1, 0.15) is 34.6 Å². The van der Waals surface area contributed by atoms with E-state index in [1.807, 2.05) is 49.1 Å². The maximum absolute atomic E-state index is 12.8. The maximum Gasteiger partial charge on any atom is 0.251 e. The number of para-hydroxylation sites is 1. The molecule has 2 aromatic carbocycles. The van der Waals surface area contributed by atoms with E-state index in [0.29, 0.717) is 30.9 Å². The van der Waals surface area contributed by atoms with Crippen molar-refractivity contribution in [2.24, 2.45) is 5.92 Å². The van der Waals surface area contributed by atoms with E-state index in [1.54, 1.807) is 29.7 Å². The molecule has 8 heteroatoms. The molecule has 2 amide bonds. The molecule has 3 unspecified atom stereocenters. The van der Waals surface area contributed by atoms with Crippen LogP contribution in [0.15, 0.2) is 54.6 Å². The van der Waals surface area contributed by atoms with Gasteiger partial charge in [-0.05, 0) is 50.2 Å². The van der Waals surface area contributed by atoms with Gasteiger partial charge in [-0.15, -0.1) is 6.42 Å². The Balaban J connectivity index is 1.44. The lowest BCUT2D eigenvalue weighted by Crippen LogP contribution is -2.45. The molecule has 35 heavy (non-hydrogen) atoms. The first-order chi connectivity index (χ1) is 16.9. The predicted octanol–water partition coefficient (Wildman–Crippen LogP) is 2.85. The normalized spacial score (nSPS) is 18.6. The Hall–Kier alpha value is -3.93. The second-order valence-corrected chi connectivity index (χ2v) is 8.72. The van der Waals surface area contributed by atoms with Crippen LogP contribution in [-0.2, 0) is 4.79 Å². The number of amides is 2. The molecule has 0 radical (unpaired) electrons. The van der Waals surface area contributed by atoms with Gasteiger partial charge in [0.05, 0.1) is 24.0 Å². The number of nitrogens with zero attached hydrogens (tertiary/aromatic N) is 2. The molecule has 0 spiro atoms. The minimum absolute atomic E-state index is 0.223. The Morgan fingerprint density at radius 1 is 1.23 bits per heavy atom. The molecule has 3 aromatic rings. The smallest absolute Gasteiger partial charge is 0.251 e. The van der Waals surface area contributed by atoms with E-state index < -0.39 is 17.9 Å². The van der Waals surface area contributed by atoms with Gasteiger partial charge in [0.15, 0.2) is 0 Å². The van der Waals surface area contributed by atoms with Crippen molar-refractivity contribution in [3.8, 4) is 18.1 Å². The minimum Gasteiger partial charge on any atom is -0.486 e. The Labute approximate surface area is 204 Å². The van der Waals surface area contributed by atoms with Gasteiger partial charge in [0, 0.05) is 35.3 Å². The number of benzene rings is 2. The zero-order valence-corrected chi connectivity index (χ0v) is 19.7. The molecule has 2 heterocycles. The van der Waals surface area contributed by atoms with Crippen LogP contribution in [-0.4, -0.2) is 52.6 Å². The summed E-state index contributed by atoms with van der Waals surface area (Å²) in [4.78, 5) is 31.4. The number of hydrogen-bond acceptors (Lipinski definition) is 6. The van der Waals surface area contributed by atoms with Crippen molar-refractivity contribution in [2.75, 3.05) is 19.6 Å². The van der Waals surface area contributed by atoms with Gasteiger partial charge < -0.3 is 10.1 Å². The topological polar surface area (TPSA) is 104 Å². The summed E-state index contributed by atoms with van der Waals surface area (Å²) in [5.74, 6) is 1.71. The van der Waals surface area contributed by atoms with E-state index in [9.17, 15) is 9.59 Å². The summed E-state index contributed by atoms with van der Waals surface area (Å²) in [6.45, 7) is 5.08. The molecule has 0 bridgehead atoms. The van der Waals surface area contributed by atoms with Crippen molar-refractivity contribution in [1.82, 2.24) is 20.7 Å². The molecule has 1 saturated heterocycles. The number of nitrogens with one attached hydrogen (secondary N) is 2. The highest BCUT2D eigenvalue weighted by Gasteiger charge is 2.38. The standard InChI is InChI=1S/C27H28N4O4/c1-4-13-31-15-23(27(33)30-34)25(16-31)29-26(32)19-9-11-20(12-10-19)35-18(3)22-14-17(2)28-24-8-6-5-7-21(22)24/h1,5-12,14,18,23,25,34H,13,15-16H2,2-3H3,(H,29,32)(H,30,33). The van der Waals surface area contributed by atoms with Crippen LogP contribution in [0.25, 0.3) is 10.9 Å². The second-order valence-electron chi connectivity index (χ2n) is 8.72. The lowest BCUT2D eigenvalue weighted by atomic mass is 10.0. The number of carbonyl (C=O) groups excluding carboxylic acids is 2. The fraction of sp³-hybridized carbons (Fsp3) is 0.296. The number of pyridine rings is 1. The number of ether oxygens (including phenoxy) is 1. The van der Waals surface area contributed by atoms with E-state index in [2.05, 4.69) is 16.2 Å². The van der Waals surface area contributed by atoms with Gasteiger partial charge in [0.2, 0.25) is 5.91 Å². The van der Waals surface area contributed by atoms with Crippen molar-refractivity contribution in [3.63, 3.8) is 0 Å². The zero-order valence-electron chi connectivity index (χ0n) is 19.7. The van der Waals surface area contributed by atoms with Crippen molar-refractivity contribution >= 4 is 22.7 Å². The largest absolute Gasteiger partial charge is 0.486 e. The Kier molecular flexibility index (Phi) is 7.30. The molecule has 1 aliphatic rings. The number of hydrogen-bond donors (Lipinski definition) is 3. The summed E-state index contributed by atoms with van der Waals surface area (Å²) in [7, 11) is 0. The third-order valence-electron chi connectivity index (χ3n) is 6.22. The van der Waals surface area contributed by atoms with Gasteiger partial charge in [0.1, 0.15) is 11.9 Å². The average Bonchev–Trinajstić information content (AvgIpc) is 3.25. The number of rotatable bonds is 7. The molecule has 8 nitrogen and oxygen atoms in total. The summed E-state index contributed by atoms with van der Waals surface area (Å²) in [6.07, 6.45) is 5.15. The molecule has 3 N–H and O–H groups in total. The number of hydroxylamine groups is 1. The van der Waals surface area contributed by atoms with Gasteiger partial charge in [-0.2, -0.15) is 0 Å². The molecule has 180 valence electrons. The maximum atomic E-state index is 12.8. The van der Waals surface area contributed by atoms with Crippen molar-refractivity contribution in [3.05, 3.63) is 71.4 Å². The molecular formula is C27H28N4O4. The van der Waals surface area contributed by atoms with Crippen LogP contribution in [0.5, 0.6) is 5.75 Å². The summed E-state index contributed by atoms with van der Waals surface area (Å²) in [6, 6.07) is 16.4. The fourth-order valence-electron chi connectivity index (χ4n) is 4.52. The third-order valence-corrected chi connectivity index (χ3v) is 6.22. The number of likely N-dealkylation sites (tertiary alicyclic amines) is 1. The monoisotopic (exact) mass is 472 g/mol. The third kappa shape index (κ3) is 5.43. The molecular weight excluding hydrogens is 444 g/mol. The average molecular weight is 473 g/mol. The highest BCUT2D eigenvalue weighted by Crippen LogP contribution is 2.28. The summed E-state index contributed by atoms with van der Waals surface area (Å²) in [5.41, 5.74) is 5.00. The summed E-state index contributed by atoms with van der Waals surface area (Å²) >= 11 is 0. The highest BCUT2D eigenvalue weighted by molar-refractivity contribution is 5.95. The summed E-state index contributed by atoms with van der Waals surface area (Å²) in [5, 5.41) is 13.0. The first kappa shape index (κ1) is 24.2. The van der Waals surface area contributed by atoms with Gasteiger partial charge in [-0.1, -0.05) is 24.1 Å². The van der Waals surface area contributed by atoms with E-state index >= 15 is 0 Å². The zero-order chi connectivity index (χ0) is 24.9. The van der Waals surface area contributed by atoms with Gasteiger partial charge in [0.25, 0.3) is 5.91 Å². The fourth-order valence-corrected chi connectivity index (χ4v) is 4.52. The number of carbonyl (C=O) groups is 2. The van der Waals surface area contributed by atoms with Gasteiger partial charge in [-0.25, -0.2) is 5.48 Å². The Bertz CT molecular complexity index is 1270. The van der Waals surface area contributed by atoms with E-state index in [-0.39, 0.29) is 12.0 Å². The molecule has 0 saturated carbocycles. The van der Waals surface area contributed by atoms with E-state index in [1.165, 1.54) is 0 Å². The van der Waals surface area contributed by atoms with Crippen molar-refractivity contribution in [1.29, 1.82) is 0 Å². The lowest BCUT2D eigenvalue weighted by Gasteiger charge is -2.19. The predicted molar refractivity (Wildman–Crippen MR) is 132 cm³/mol. The van der Waals surface area contributed by atoms with Crippen LogP contribution in [0, 0.1) is 25.2 Å². The van der Waals surface area contributed by atoms with Crippen molar-refractivity contribution < 1.29 is 19.5 Å². The number of aromatic nitrogens is 1. The number of aryl methyl sites for hydroxylation is 1. The van der Waals surface area contributed by atoms with Gasteiger partial charge >= 0.3 is 0 Å². The molecule has 4 rings (SSSR count). The number of terminal acetylenes is 1. The van der Waals surface area contributed by atoms with Crippen LogP contribution < -0.4 is 15.5 Å². The van der Waals surface area contributed by atoms with Crippen LogP contribution in [0.2, 0.25) is 0 Å². The van der Waals surface area contributed by atoms with Crippen molar-refractivity contribution in [2.45, 2.75) is 26.0 Å². The SMILES string of the molecule is C#CCN1CC(NC(=O)c2ccc(OC(C)c3cc(C)nc4ccccc34)cc2)C(C(=O)NO)C1. The van der Waals surface area contributed by atoms with E-state index in [4.69, 9.17) is 16.4 Å². The molecule has 1 aromatic heterocycles.